The van der Waals surface area contributed by atoms with Gasteiger partial charge in [-0.25, -0.2) is 8.78 Å². The summed E-state index contributed by atoms with van der Waals surface area (Å²) in [6.07, 6.45) is 1.17. The Labute approximate surface area is 107 Å². The first-order valence-electron chi connectivity index (χ1n) is 5.44. The van der Waals surface area contributed by atoms with Gasteiger partial charge in [-0.3, -0.25) is 0 Å². The fourth-order valence-electron chi connectivity index (χ4n) is 1.50. The molecule has 0 amide bonds. The highest BCUT2D eigenvalue weighted by molar-refractivity contribution is 5.85. The molecule has 0 spiro atoms. The zero-order chi connectivity index (χ0) is 12.1. The number of halogens is 3. The van der Waals surface area contributed by atoms with Crippen LogP contribution in [0, 0.1) is 11.6 Å². The number of benzene rings is 1. The van der Waals surface area contributed by atoms with Crippen LogP contribution in [0.2, 0.25) is 0 Å². The highest BCUT2D eigenvalue weighted by atomic mass is 35.5. The van der Waals surface area contributed by atoms with E-state index < -0.39 is 11.6 Å². The van der Waals surface area contributed by atoms with E-state index in [-0.39, 0.29) is 24.2 Å². The largest absolute Gasteiger partial charge is 0.491 e. The second-order valence-electron chi connectivity index (χ2n) is 3.68. The molecule has 2 nitrogen and oxygen atoms in total. The fraction of sp³-hybridized carbons (Fsp3) is 0.500. The van der Waals surface area contributed by atoms with E-state index in [2.05, 4.69) is 0 Å². The summed E-state index contributed by atoms with van der Waals surface area (Å²) in [6.45, 7) is 4.03. The van der Waals surface area contributed by atoms with Crippen molar-refractivity contribution in [1.29, 1.82) is 0 Å². The lowest BCUT2D eigenvalue weighted by Gasteiger charge is -2.14. The smallest absolute Gasteiger partial charge is 0.168 e. The van der Waals surface area contributed by atoms with E-state index >= 15 is 0 Å². The molecule has 5 heteroatoms. The van der Waals surface area contributed by atoms with Gasteiger partial charge in [-0.15, -0.1) is 12.4 Å². The quantitative estimate of drug-likeness (QED) is 0.888. The average Bonchev–Trinajstić information content (AvgIpc) is 2.23. The van der Waals surface area contributed by atoms with Crippen LogP contribution in [0.1, 0.15) is 25.8 Å². The van der Waals surface area contributed by atoms with Crippen LogP contribution in [0.4, 0.5) is 8.78 Å². The zero-order valence-corrected chi connectivity index (χ0v) is 10.8. The lowest BCUT2D eigenvalue weighted by atomic mass is 10.0. The Morgan fingerprint density at radius 3 is 2.47 bits per heavy atom. The predicted molar refractivity (Wildman–Crippen MR) is 66.7 cm³/mol. The molecule has 1 unspecified atom stereocenters. The van der Waals surface area contributed by atoms with Crippen LogP contribution in [-0.4, -0.2) is 12.6 Å². The molecular formula is C12H18ClF2NO. The van der Waals surface area contributed by atoms with Gasteiger partial charge < -0.3 is 10.5 Å². The summed E-state index contributed by atoms with van der Waals surface area (Å²) >= 11 is 0. The van der Waals surface area contributed by atoms with E-state index in [1.54, 1.807) is 6.92 Å². The molecule has 1 atom stereocenters. The van der Waals surface area contributed by atoms with Crippen LogP contribution in [0.25, 0.3) is 0 Å². The maximum absolute atomic E-state index is 13.4. The van der Waals surface area contributed by atoms with Crippen molar-refractivity contribution in [3.63, 3.8) is 0 Å². The molecule has 0 saturated heterocycles. The van der Waals surface area contributed by atoms with Gasteiger partial charge in [0.05, 0.1) is 6.61 Å². The standard InChI is InChI=1S/C12H17F2NO.ClH/c1-3-10(15)6-8-5-9(13)7-11(14)12(8)16-4-2;/h5,7,10H,3-4,6,15H2,1-2H3;1H. The molecule has 0 radical (unpaired) electrons. The molecule has 0 fully saturated rings. The lowest BCUT2D eigenvalue weighted by Crippen LogP contribution is -2.22. The second kappa shape index (κ2) is 7.45. The number of nitrogens with two attached hydrogens (primary N) is 1. The minimum atomic E-state index is -0.667. The Balaban J connectivity index is 0.00000256. The maximum atomic E-state index is 13.4. The summed E-state index contributed by atoms with van der Waals surface area (Å²) in [5, 5.41) is 0. The fourth-order valence-corrected chi connectivity index (χ4v) is 1.50. The molecule has 0 aliphatic rings. The van der Waals surface area contributed by atoms with E-state index in [0.717, 1.165) is 12.5 Å². The number of hydrogen-bond donors (Lipinski definition) is 1. The summed E-state index contributed by atoms with van der Waals surface area (Å²) in [7, 11) is 0. The van der Waals surface area contributed by atoms with Crippen molar-refractivity contribution in [2.24, 2.45) is 5.73 Å². The van der Waals surface area contributed by atoms with Gasteiger partial charge in [-0.2, -0.15) is 0 Å². The van der Waals surface area contributed by atoms with Crippen molar-refractivity contribution < 1.29 is 13.5 Å². The second-order valence-corrected chi connectivity index (χ2v) is 3.68. The lowest BCUT2D eigenvalue weighted by molar-refractivity contribution is 0.315. The molecular weight excluding hydrogens is 248 g/mol. The third-order valence-electron chi connectivity index (χ3n) is 2.38. The van der Waals surface area contributed by atoms with Crippen molar-refractivity contribution in [1.82, 2.24) is 0 Å². The van der Waals surface area contributed by atoms with Gasteiger partial charge >= 0.3 is 0 Å². The van der Waals surface area contributed by atoms with Gasteiger partial charge in [-0.05, 0) is 25.8 Å². The summed E-state index contributed by atoms with van der Waals surface area (Å²) < 4.78 is 31.7. The van der Waals surface area contributed by atoms with E-state index in [1.807, 2.05) is 6.92 Å². The van der Waals surface area contributed by atoms with Crippen LogP contribution in [-0.2, 0) is 6.42 Å². The zero-order valence-electron chi connectivity index (χ0n) is 10.0. The highest BCUT2D eigenvalue weighted by Gasteiger charge is 2.14. The van der Waals surface area contributed by atoms with Crippen LogP contribution >= 0.6 is 12.4 Å². The Morgan fingerprint density at radius 1 is 1.29 bits per heavy atom. The molecule has 17 heavy (non-hydrogen) atoms. The Bertz CT molecular complexity index is 361. The van der Waals surface area contributed by atoms with Crippen LogP contribution < -0.4 is 10.5 Å². The van der Waals surface area contributed by atoms with Crippen molar-refractivity contribution in [3.05, 3.63) is 29.3 Å². The first-order valence-corrected chi connectivity index (χ1v) is 5.44. The Kier molecular flexibility index (Phi) is 7.07. The minimum Gasteiger partial charge on any atom is -0.491 e. The molecule has 0 saturated carbocycles. The molecule has 2 N–H and O–H groups in total. The van der Waals surface area contributed by atoms with Gasteiger partial charge in [0.1, 0.15) is 5.82 Å². The van der Waals surface area contributed by atoms with Crippen LogP contribution in [0.3, 0.4) is 0 Å². The molecule has 1 aromatic carbocycles. The summed E-state index contributed by atoms with van der Waals surface area (Å²) in [5.41, 5.74) is 6.26. The third kappa shape index (κ3) is 4.48. The molecule has 0 heterocycles. The number of rotatable bonds is 5. The van der Waals surface area contributed by atoms with Crippen molar-refractivity contribution in [3.8, 4) is 5.75 Å². The molecule has 0 aliphatic carbocycles. The Morgan fingerprint density at radius 2 is 1.94 bits per heavy atom. The molecule has 1 aromatic rings. The van der Waals surface area contributed by atoms with E-state index in [1.165, 1.54) is 6.07 Å². The third-order valence-corrected chi connectivity index (χ3v) is 2.38. The Hall–Kier alpha value is -0.870. The topological polar surface area (TPSA) is 35.2 Å². The minimum absolute atomic E-state index is 0. The normalized spacial score (nSPS) is 11.8. The molecule has 0 bridgehead atoms. The van der Waals surface area contributed by atoms with Crippen molar-refractivity contribution in [2.75, 3.05) is 6.61 Å². The van der Waals surface area contributed by atoms with E-state index in [9.17, 15) is 8.78 Å². The van der Waals surface area contributed by atoms with Crippen LogP contribution in [0.5, 0.6) is 5.75 Å². The van der Waals surface area contributed by atoms with E-state index in [4.69, 9.17) is 10.5 Å². The van der Waals surface area contributed by atoms with Gasteiger partial charge in [0.15, 0.2) is 11.6 Å². The van der Waals surface area contributed by atoms with Crippen molar-refractivity contribution >= 4 is 12.4 Å². The first kappa shape index (κ1) is 16.1. The summed E-state index contributed by atoms with van der Waals surface area (Å²) in [4.78, 5) is 0. The maximum Gasteiger partial charge on any atom is 0.168 e. The van der Waals surface area contributed by atoms with Gasteiger partial charge in [0.2, 0.25) is 0 Å². The molecule has 0 aliphatic heterocycles. The molecule has 1 rings (SSSR count). The molecule has 0 aromatic heterocycles. The van der Waals surface area contributed by atoms with Crippen LogP contribution in [0.15, 0.2) is 12.1 Å². The number of hydrogen-bond acceptors (Lipinski definition) is 2. The first-order chi connectivity index (χ1) is 7.58. The predicted octanol–water partition coefficient (Wildman–Crippen LogP) is 3.07. The average molecular weight is 266 g/mol. The van der Waals surface area contributed by atoms with Gasteiger partial charge in [-0.1, -0.05) is 6.92 Å². The van der Waals surface area contributed by atoms with Crippen molar-refractivity contribution in [2.45, 2.75) is 32.7 Å². The summed E-state index contributed by atoms with van der Waals surface area (Å²) in [6, 6.07) is 2.00. The highest BCUT2D eigenvalue weighted by Crippen LogP contribution is 2.25. The monoisotopic (exact) mass is 265 g/mol. The van der Waals surface area contributed by atoms with Gasteiger partial charge in [0.25, 0.3) is 0 Å². The number of ether oxygens (including phenoxy) is 1. The molecule has 98 valence electrons. The SMILES string of the molecule is CCOc1c(F)cc(F)cc1CC(N)CC.Cl. The summed E-state index contributed by atoms with van der Waals surface area (Å²) in [5.74, 6) is -1.15. The van der Waals surface area contributed by atoms with Gasteiger partial charge in [0, 0.05) is 17.7 Å². The van der Waals surface area contributed by atoms with E-state index in [0.29, 0.717) is 18.6 Å².